The number of nitrogens with two attached hydrogens (primary N) is 2. The van der Waals surface area contributed by atoms with Gasteiger partial charge in [-0.3, -0.25) is 9.98 Å². The fourth-order valence-corrected chi connectivity index (χ4v) is 4.07. The summed E-state index contributed by atoms with van der Waals surface area (Å²) in [4.78, 5) is 8.41. The third kappa shape index (κ3) is 9.01. The number of hydrogen-bond acceptors (Lipinski definition) is 6. The number of nitrogens with zero attached hydrogens (tertiary/aromatic N) is 2. The molecule has 0 spiro atoms. The highest BCUT2D eigenvalue weighted by molar-refractivity contribution is 6.67. The minimum Gasteiger partial charge on any atom is -0.398 e. The van der Waals surface area contributed by atoms with E-state index in [0.717, 1.165) is 24.9 Å². The first-order chi connectivity index (χ1) is 9.24. The van der Waals surface area contributed by atoms with Gasteiger partial charge >= 0.3 is 8.56 Å². The Kier molecular flexibility index (Phi) is 12.0. The summed E-state index contributed by atoms with van der Waals surface area (Å²) in [6.45, 7) is 2.54. The first-order valence-electron chi connectivity index (χ1n) is 6.71. The summed E-state index contributed by atoms with van der Waals surface area (Å²) in [7, 11) is 1.34. The Bertz CT molecular complexity index is 236. The molecule has 0 atom stereocenters. The highest BCUT2D eigenvalue weighted by Crippen LogP contribution is 2.20. The molecule has 0 saturated carbocycles. The van der Waals surface area contributed by atoms with Crippen molar-refractivity contribution in [3.8, 4) is 0 Å². The summed E-state index contributed by atoms with van der Waals surface area (Å²) in [5.74, 6) is 0. The molecule has 0 aliphatic carbocycles. The Balaban J connectivity index is 4.10. The summed E-state index contributed by atoms with van der Waals surface area (Å²) < 4.78 is 11.3. The average molecular weight is 288 g/mol. The highest BCUT2D eigenvalue weighted by atomic mass is 28.4. The summed E-state index contributed by atoms with van der Waals surface area (Å²) in [5.41, 5.74) is 10.8. The van der Waals surface area contributed by atoms with Crippen LogP contribution in [0.2, 0.25) is 12.1 Å². The molecule has 0 heterocycles. The maximum absolute atomic E-state index is 5.64. The van der Waals surface area contributed by atoms with Crippen molar-refractivity contribution in [3.05, 3.63) is 0 Å². The van der Waals surface area contributed by atoms with Crippen LogP contribution < -0.4 is 11.5 Å². The topological polar surface area (TPSA) is 95.2 Å². The quantitative estimate of drug-likeness (QED) is 0.405. The van der Waals surface area contributed by atoms with Crippen LogP contribution in [0.1, 0.15) is 12.8 Å². The van der Waals surface area contributed by atoms with E-state index < -0.39 is 8.56 Å². The predicted molar refractivity (Wildman–Crippen MR) is 83.4 cm³/mol. The molecule has 0 aromatic heterocycles. The largest absolute Gasteiger partial charge is 0.398 e. The van der Waals surface area contributed by atoms with Crippen LogP contribution in [0.25, 0.3) is 0 Å². The molecule has 4 N–H and O–H groups in total. The Morgan fingerprint density at radius 2 is 1.32 bits per heavy atom. The predicted octanol–water partition coefficient (Wildman–Crippen LogP) is 0.561. The summed E-state index contributed by atoms with van der Waals surface area (Å²) >= 11 is 0. The maximum atomic E-state index is 5.64. The average Bonchev–Trinajstić information content (AvgIpc) is 2.45. The van der Waals surface area contributed by atoms with Crippen molar-refractivity contribution in [1.82, 2.24) is 0 Å². The second kappa shape index (κ2) is 12.4. The van der Waals surface area contributed by atoms with Gasteiger partial charge in [-0.25, -0.2) is 0 Å². The van der Waals surface area contributed by atoms with Crippen LogP contribution in [0.4, 0.5) is 0 Å². The molecule has 0 radical (unpaired) electrons. The molecule has 112 valence electrons. The molecule has 7 heteroatoms. The minimum atomic E-state index is -2.11. The van der Waals surface area contributed by atoms with E-state index in [0.29, 0.717) is 26.2 Å². The van der Waals surface area contributed by atoms with Gasteiger partial charge in [0, 0.05) is 27.3 Å². The van der Waals surface area contributed by atoms with E-state index in [9.17, 15) is 0 Å². The van der Waals surface area contributed by atoms with E-state index >= 15 is 0 Å². The van der Waals surface area contributed by atoms with Gasteiger partial charge < -0.3 is 20.3 Å². The SMILES string of the molecule is CO[Si](CCC=NCCN)(CCC=NCCN)OC. The second-order valence-corrected chi connectivity index (χ2v) is 7.79. The standard InChI is InChI=1S/C12H28N4O2Si/c1-17-19(18-2,11-3-7-15-9-5-13)12-4-8-16-10-6-14/h7-8H,3-6,9-14H2,1-2H3. The summed E-state index contributed by atoms with van der Waals surface area (Å²) in [5, 5.41) is 0. The van der Waals surface area contributed by atoms with Gasteiger partial charge in [-0.05, 0) is 37.4 Å². The number of rotatable bonds is 12. The van der Waals surface area contributed by atoms with Gasteiger partial charge in [0.25, 0.3) is 0 Å². The van der Waals surface area contributed by atoms with Crippen molar-refractivity contribution in [2.24, 2.45) is 21.5 Å². The number of hydrogen-bond donors (Lipinski definition) is 2. The lowest BCUT2D eigenvalue weighted by Gasteiger charge is -2.26. The first kappa shape index (κ1) is 18.4. The zero-order chi connectivity index (χ0) is 14.4. The zero-order valence-corrected chi connectivity index (χ0v) is 13.2. The van der Waals surface area contributed by atoms with Crippen LogP contribution in [0.3, 0.4) is 0 Å². The Morgan fingerprint density at radius 3 is 1.63 bits per heavy atom. The third-order valence-electron chi connectivity index (χ3n) is 2.83. The van der Waals surface area contributed by atoms with Gasteiger partial charge in [-0.1, -0.05) is 0 Å². The molecule has 0 aliphatic heterocycles. The first-order valence-corrected chi connectivity index (χ1v) is 8.94. The lowest BCUT2D eigenvalue weighted by Crippen LogP contribution is -2.40. The molecule has 0 amide bonds. The molecule has 19 heavy (non-hydrogen) atoms. The van der Waals surface area contributed by atoms with Crippen molar-refractivity contribution in [3.63, 3.8) is 0 Å². The summed E-state index contributed by atoms with van der Waals surface area (Å²) in [6, 6.07) is 1.80. The minimum absolute atomic E-state index is 0.589. The van der Waals surface area contributed by atoms with Crippen molar-refractivity contribution < 1.29 is 8.85 Å². The molecule has 0 saturated heterocycles. The van der Waals surface area contributed by atoms with Crippen molar-refractivity contribution >= 4 is 21.0 Å². The Hall–Kier alpha value is -0.603. The van der Waals surface area contributed by atoms with Crippen LogP contribution >= 0.6 is 0 Å². The maximum Gasteiger partial charge on any atom is 0.338 e. The van der Waals surface area contributed by atoms with E-state index in [-0.39, 0.29) is 0 Å². The Labute approximate surface area is 117 Å². The summed E-state index contributed by atoms with van der Waals surface area (Å²) in [6.07, 6.45) is 5.56. The normalized spacial score (nSPS) is 12.8. The molecule has 0 fully saturated rings. The highest BCUT2D eigenvalue weighted by Gasteiger charge is 2.33. The van der Waals surface area contributed by atoms with Gasteiger partial charge in [0.05, 0.1) is 13.1 Å². The van der Waals surface area contributed by atoms with E-state index in [2.05, 4.69) is 9.98 Å². The van der Waals surface area contributed by atoms with Gasteiger partial charge in [0.15, 0.2) is 0 Å². The molecule has 6 nitrogen and oxygen atoms in total. The molecular formula is C12H28N4O2Si. The second-order valence-electron chi connectivity index (χ2n) is 4.15. The van der Waals surface area contributed by atoms with Crippen LogP contribution in [-0.2, 0) is 8.85 Å². The van der Waals surface area contributed by atoms with Crippen molar-refractivity contribution in [2.45, 2.75) is 24.9 Å². The lowest BCUT2D eigenvalue weighted by molar-refractivity contribution is 0.242. The fourth-order valence-electron chi connectivity index (χ4n) is 1.70. The lowest BCUT2D eigenvalue weighted by atomic mass is 10.5. The molecular weight excluding hydrogens is 260 g/mol. The van der Waals surface area contributed by atoms with Crippen molar-refractivity contribution in [1.29, 1.82) is 0 Å². The molecule has 0 aliphatic rings. The molecule has 0 bridgehead atoms. The fraction of sp³-hybridized carbons (Fsp3) is 0.833. The smallest absolute Gasteiger partial charge is 0.338 e. The van der Waals surface area contributed by atoms with Gasteiger partial charge in [-0.2, -0.15) is 0 Å². The molecule has 0 rings (SSSR count). The monoisotopic (exact) mass is 288 g/mol. The van der Waals surface area contributed by atoms with Crippen LogP contribution in [0.5, 0.6) is 0 Å². The third-order valence-corrected chi connectivity index (χ3v) is 6.42. The molecule has 0 unspecified atom stereocenters. The van der Waals surface area contributed by atoms with Gasteiger partial charge in [0.1, 0.15) is 0 Å². The van der Waals surface area contributed by atoms with Crippen molar-refractivity contribution in [2.75, 3.05) is 40.4 Å². The van der Waals surface area contributed by atoms with E-state index in [4.69, 9.17) is 20.3 Å². The van der Waals surface area contributed by atoms with Crippen LogP contribution in [0.15, 0.2) is 9.98 Å². The van der Waals surface area contributed by atoms with Crippen LogP contribution in [-0.4, -0.2) is 61.4 Å². The van der Waals surface area contributed by atoms with Crippen LogP contribution in [0, 0.1) is 0 Å². The van der Waals surface area contributed by atoms with Gasteiger partial charge in [0.2, 0.25) is 0 Å². The van der Waals surface area contributed by atoms with Gasteiger partial charge in [-0.15, -0.1) is 0 Å². The van der Waals surface area contributed by atoms with E-state index in [1.165, 1.54) is 0 Å². The molecule has 0 aromatic rings. The number of aliphatic imine (C=N–C) groups is 2. The zero-order valence-electron chi connectivity index (χ0n) is 12.2. The molecule has 0 aromatic carbocycles. The van der Waals surface area contributed by atoms with E-state index in [1.54, 1.807) is 14.2 Å². The Morgan fingerprint density at radius 1 is 0.895 bits per heavy atom. The van der Waals surface area contributed by atoms with E-state index in [1.807, 2.05) is 12.4 Å².